The number of aryl methyl sites for hydroxylation is 1. The number of hydrogen-bond donors (Lipinski definition) is 0. The van der Waals surface area contributed by atoms with Gasteiger partial charge in [-0.25, -0.2) is 8.42 Å². The van der Waals surface area contributed by atoms with E-state index in [0.717, 1.165) is 5.56 Å². The molecule has 0 aliphatic rings. The van der Waals surface area contributed by atoms with Gasteiger partial charge in [0.15, 0.2) is 0 Å². The normalized spacial score (nSPS) is 12.6. The van der Waals surface area contributed by atoms with Crippen LogP contribution in [0.25, 0.3) is 0 Å². The number of carbonyl (C=O) groups is 1. The summed E-state index contributed by atoms with van der Waals surface area (Å²) >= 11 is 0. The average Bonchev–Trinajstić information content (AvgIpc) is 2.67. The molecular weight excluding hydrogens is 464 g/mol. The Morgan fingerprint density at radius 1 is 0.781 bits per heavy atom. The average molecular weight is 497 g/mol. The predicted molar refractivity (Wildman–Crippen MR) is 116 cm³/mol. The standard InChI is InChI=1S/C20H32O10S2/c1-17-5-7-18(8-6-17)31(22,23)32(24,25)29-16-15-28-14-13-27-12-11-26-10-9-19(21)30-20(2,3)4/h5-8H,9-16H2,1-4H3. The number of hydrogen-bond acceptors (Lipinski definition) is 10. The lowest BCUT2D eigenvalue weighted by atomic mass is 10.2. The van der Waals surface area contributed by atoms with Crippen LogP contribution in [-0.4, -0.2) is 74.7 Å². The Morgan fingerprint density at radius 3 is 1.75 bits per heavy atom. The highest BCUT2D eigenvalue weighted by molar-refractivity contribution is 8.65. The Labute approximate surface area is 189 Å². The van der Waals surface area contributed by atoms with Crippen molar-refractivity contribution in [2.75, 3.05) is 46.2 Å². The first-order valence-corrected chi connectivity index (χ1v) is 13.4. The highest BCUT2D eigenvalue weighted by atomic mass is 33.2. The number of esters is 1. The maximum atomic E-state index is 12.2. The molecule has 0 amide bonds. The van der Waals surface area contributed by atoms with Gasteiger partial charge in [0.1, 0.15) is 5.60 Å². The summed E-state index contributed by atoms with van der Waals surface area (Å²) in [7, 11) is -9.50. The van der Waals surface area contributed by atoms with Gasteiger partial charge in [-0.1, -0.05) is 17.7 Å². The molecule has 0 aliphatic carbocycles. The van der Waals surface area contributed by atoms with Crippen molar-refractivity contribution >= 4 is 24.0 Å². The van der Waals surface area contributed by atoms with Gasteiger partial charge in [0.25, 0.3) is 0 Å². The molecule has 0 saturated carbocycles. The zero-order chi connectivity index (χ0) is 24.3. The van der Waals surface area contributed by atoms with Crippen molar-refractivity contribution in [3.8, 4) is 0 Å². The molecule has 0 unspecified atom stereocenters. The summed E-state index contributed by atoms with van der Waals surface area (Å²) < 4.78 is 73.7. The summed E-state index contributed by atoms with van der Waals surface area (Å²) in [5, 5.41) is 0. The molecule has 0 heterocycles. The van der Waals surface area contributed by atoms with Gasteiger partial charge in [-0.05, 0) is 39.8 Å². The molecule has 0 saturated heterocycles. The Kier molecular flexibility index (Phi) is 11.8. The van der Waals surface area contributed by atoms with Crippen LogP contribution in [0.4, 0.5) is 0 Å². The van der Waals surface area contributed by atoms with Crippen LogP contribution < -0.4 is 0 Å². The number of carbonyl (C=O) groups excluding carboxylic acids is 1. The molecule has 1 aromatic carbocycles. The SMILES string of the molecule is Cc1ccc(S(=O)(=O)S(=O)(=O)OCCOCCOCCOCCC(=O)OC(C)(C)C)cc1. The Morgan fingerprint density at radius 2 is 1.25 bits per heavy atom. The van der Waals surface area contributed by atoms with Crippen molar-refractivity contribution in [3.05, 3.63) is 29.8 Å². The van der Waals surface area contributed by atoms with E-state index >= 15 is 0 Å². The first-order valence-electron chi connectivity index (χ1n) is 10.0. The van der Waals surface area contributed by atoms with E-state index < -0.39 is 30.2 Å². The summed E-state index contributed by atoms with van der Waals surface area (Å²) in [6.45, 7) is 7.75. The molecule has 12 heteroatoms. The molecule has 0 N–H and O–H groups in total. The first kappa shape index (κ1) is 28.5. The number of benzene rings is 1. The quantitative estimate of drug-likeness (QED) is 0.201. The summed E-state index contributed by atoms with van der Waals surface area (Å²) in [6.07, 6.45) is 0.156. The van der Waals surface area contributed by atoms with Gasteiger partial charge in [0.05, 0.1) is 57.6 Å². The van der Waals surface area contributed by atoms with Crippen LogP contribution in [0.5, 0.6) is 0 Å². The molecule has 0 aromatic heterocycles. The summed E-state index contributed by atoms with van der Waals surface area (Å²) in [4.78, 5) is 11.1. The second-order valence-electron chi connectivity index (χ2n) is 7.67. The van der Waals surface area contributed by atoms with Gasteiger partial charge in [0, 0.05) is 0 Å². The molecule has 0 spiro atoms. The zero-order valence-electron chi connectivity index (χ0n) is 18.9. The van der Waals surface area contributed by atoms with E-state index in [0.29, 0.717) is 6.61 Å². The zero-order valence-corrected chi connectivity index (χ0v) is 20.5. The molecule has 184 valence electrons. The lowest BCUT2D eigenvalue weighted by molar-refractivity contribution is -0.156. The van der Waals surface area contributed by atoms with Crippen LogP contribution in [0.1, 0.15) is 32.8 Å². The summed E-state index contributed by atoms with van der Waals surface area (Å²) in [5.41, 5.74) is 0.273. The monoisotopic (exact) mass is 496 g/mol. The van der Waals surface area contributed by atoms with E-state index in [2.05, 4.69) is 4.18 Å². The highest BCUT2D eigenvalue weighted by Gasteiger charge is 2.32. The van der Waals surface area contributed by atoms with Crippen LogP contribution >= 0.6 is 0 Å². The predicted octanol–water partition coefficient (Wildman–Crippen LogP) is 1.81. The Balaban J connectivity index is 2.10. The Bertz CT molecular complexity index is 901. The molecule has 0 fully saturated rings. The van der Waals surface area contributed by atoms with Crippen molar-refractivity contribution in [1.29, 1.82) is 0 Å². The summed E-state index contributed by atoms with van der Waals surface area (Å²) in [6, 6.07) is 5.41. The van der Waals surface area contributed by atoms with E-state index in [-0.39, 0.29) is 50.3 Å². The molecule has 0 radical (unpaired) electrons. The van der Waals surface area contributed by atoms with Gasteiger partial charge >= 0.3 is 24.0 Å². The van der Waals surface area contributed by atoms with Crippen LogP contribution in [-0.2, 0) is 45.9 Å². The third kappa shape index (κ3) is 10.8. The van der Waals surface area contributed by atoms with Crippen molar-refractivity contribution in [3.63, 3.8) is 0 Å². The second kappa shape index (κ2) is 13.2. The summed E-state index contributed by atoms with van der Waals surface area (Å²) in [5.74, 6) is -0.331. The minimum Gasteiger partial charge on any atom is -0.460 e. The minimum absolute atomic E-state index is 0.127. The third-order valence-corrected chi connectivity index (χ3v) is 7.97. The van der Waals surface area contributed by atoms with Gasteiger partial charge in [0.2, 0.25) is 0 Å². The van der Waals surface area contributed by atoms with Crippen molar-refractivity contribution in [2.24, 2.45) is 0 Å². The van der Waals surface area contributed by atoms with E-state index in [9.17, 15) is 21.6 Å². The topological polar surface area (TPSA) is 132 Å². The van der Waals surface area contributed by atoms with Crippen molar-refractivity contribution < 1.29 is 44.8 Å². The van der Waals surface area contributed by atoms with Crippen LogP contribution in [0.2, 0.25) is 0 Å². The molecule has 0 bridgehead atoms. The van der Waals surface area contributed by atoms with Crippen LogP contribution in [0.15, 0.2) is 29.2 Å². The molecule has 0 aliphatic heterocycles. The molecular formula is C20H32O10S2. The van der Waals surface area contributed by atoms with E-state index in [4.69, 9.17) is 18.9 Å². The molecule has 10 nitrogen and oxygen atoms in total. The van der Waals surface area contributed by atoms with Gasteiger partial charge in [-0.2, -0.15) is 8.42 Å². The lowest BCUT2D eigenvalue weighted by Gasteiger charge is -2.19. The molecule has 32 heavy (non-hydrogen) atoms. The van der Waals surface area contributed by atoms with Crippen molar-refractivity contribution in [1.82, 2.24) is 0 Å². The highest BCUT2D eigenvalue weighted by Crippen LogP contribution is 2.19. The van der Waals surface area contributed by atoms with E-state index in [1.165, 1.54) is 24.3 Å². The van der Waals surface area contributed by atoms with Gasteiger partial charge in [-0.3, -0.25) is 8.98 Å². The minimum atomic E-state index is -4.84. The lowest BCUT2D eigenvalue weighted by Crippen LogP contribution is -2.24. The van der Waals surface area contributed by atoms with E-state index in [1.807, 2.05) is 0 Å². The van der Waals surface area contributed by atoms with Crippen LogP contribution in [0, 0.1) is 6.92 Å². The fourth-order valence-corrected chi connectivity index (χ4v) is 4.90. The fourth-order valence-electron chi connectivity index (χ4n) is 2.17. The van der Waals surface area contributed by atoms with Crippen molar-refractivity contribution in [2.45, 2.75) is 44.6 Å². The number of ether oxygens (including phenoxy) is 4. The fraction of sp³-hybridized carbons (Fsp3) is 0.650. The first-order chi connectivity index (χ1) is 14.8. The number of rotatable bonds is 15. The molecule has 0 atom stereocenters. The van der Waals surface area contributed by atoms with Gasteiger partial charge in [-0.15, -0.1) is 0 Å². The molecule has 1 rings (SSSR count). The van der Waals surface area contributed by atoms with E-state index in [1.54, 1.807) is 27.7 Å². The van der Waals surface area contributed by atoms with Gasteiger partial charge < -0.3 is 18.9 Å². The largest absolute Gasteiger partial charge is 0.460 e. The molecule has 1 aromatic rings. The maximum Gasteiger partial charge on any atom is 0.379 e. The third-order valence-electron chi connectivity index (χ3n) is 3.65. The second-order valence-corrected chi connectivity index (χ2v) is 12.6. The Hall–Kier alpha value is -1.57. The van der Waals surface area contributed by atoms with Crippen LogP contribution in [0.3, 0.4) is 0 Å². The smallest absolute Gasteiger partial charge is 0.379 e. The maximum absolute atomic E-state index is 12.2.